The van der Waals surface area contributed by atoms with Crippen LogP contribution in [0.5, 0.6) is 0 Å². The van der Waals surface area contributed by atoms with E-state index < -0.39 is 6.10 Å². The number of imidazole rings is 1. The van der Waals surface area contributed by atoms with Crippen LogP contribution in [0.3, 0.4) is 0 Å². The first-order valence-corrected chi connectivity index (χ1v) is 6.66. The van der Waals surface area contributed by atoms with E-state index in [0.717, 1.165) is 22.4 Å². The second kappa shape index (κ2) is 5.72. The number of rotatable bonds is 4. The van der Waals surface area contributed by atoms with Gasteiger partial charge in [0.05, 0.1) is 17.1 Å². The molecule has 100 valence electrons. The van der Waals surface area contributed by atoms with Crippen LogP contribution in [-0.4, -0.2) is 21.2 Å². The predicted octanol–water partition coefficient (Wildman–Crippen LogP) is 3.18. The number of aromatic nitrogens is 2. The van der Waals surface area contributed by atoms with E-state index in [1.54, 1.807) is 6.08 Å². The van der Waals surface area contributed by atoms with Crippen molar-refractivity contribution in [1.29, 1.82) is 0 Å². The van der Waals surface area contributed by atoms with Gasteiger partial charge in [-0.1, -0.05) is 54.6 Å². The van der Waals surface area contributed by atoms with Gasteiger partial charge in [-0.25, -0.2) is 4.98 Å². The van der Waals surface area contributed by atoms with Gasteiger partial charge in [-0.3, -0.25) is 0 Å². The van der Waals surface area contributed by atoms with Crippen LogP contribution >= 0.6 is 0 Å². The summed E-state index contributed by atoms with van der Waals surface area (Å²) in [5.74, 6) is 0.802. The number of benzene rings is 2. The summed E-state index contributed by atoms with van der Waals surface area (Å²) in [6.45, 7) is 0. The van der Waals surface area contributed by atoms with Crippen molar-refractivity contribution in [3.8, 4) is 0 Å². The van der Waals surface area contributed by atoms with E-state index in [1.165, 1.54) is 0 Å². The monoisotopic (exact) mass is 264 g/mol. The zero-order valence-corrected chi connectivity index (χ0v) is 11.0. The topological polar surface area (TPSA) is 48.9 Å². The molecule has 0 saturated carbocycles. The minimum absolute atomic E-state index is 0.484. The Kier molecular flexibility index (Phi) is 3.61. The Balaban J connectivity index is 1.69. The van der Waals surface area contributed by atoms with Crippen molar-refractivity contribution < 1.29 is 5.11 Å². The molecule has 0 aliphatic heterocycles. The molecule has 0 saturated heterocycles. The molecule has 0 fully saturated rings. The molecular weight excluding hydrogens is 248 g/mol. The minimum atomic E-state index is -0.546. The number of aromatic amines is 1. The molecule has 2 aromatic carbocycles. The molecule has 3 heteroatoms. The maximum atomic E-state index is 10.0. The molecule has 0 amide bonds. The minimum Gasteiger partial charge on any atom is -0.389 e. The van der Waals surface area contributed by atoms with Gasteiger partial charge in [-0.05, 0) is 17.7 Å². The van der Waals surface area contributed by atoms with Gasteiger partial charge in [-0.2, -0.15) is 0 Å². The lowest BCUT2D eigenvalue weighted by atomic mass is 10.1. The van der Waals surface area contributed by atoms with E-state index >= 15 is 0 Å². The highest BCUT2D eigenvalue weighted by molar-refractivity contribution is 5.74. The summed E-state index contributed by atoms with van der Waals surface area (Å²) in [6, 6.07) is 17.8. The number of aliphatic hydroxyl groups excluding tert-OH is 1. The number of hydrogen-bond acceptors (Lipinski definition) is 2. The highest BCUT2D eigenvalue weighted by Crippen LogP contribution is 2.12. The van der Waals surface area contributed by atoms with Crippen molar-refractivity contribution in [3.05, 3.63) is 72.1 Å². The first-order chi connectivity index (χ1) is 9.81. The molecule has 0 spiro atoms. The third-order valence-corrected chi connectivity index (χ3v) is 3.15. The number of nitrogens with zero attached hydrogens (tertiary/aromatic N) is 1. The van der Waals surface area contributed by atoms with Gasteiger partial charge in [0.25, 0.3) is 0 Å². The molecule has 3 aromatic rings. The van der Waals surface area contributed by atoms with Crippen LogP contribution in [0.25, 0.3) is 17.1 Å². The van der Waals surface area contributed by atoms with Gasteiger partial charge in [0.2, 0.25) is 0 Å². The SMILES string of the molecule is O[C@H](/C=C\c1ccccc1)Cc1nc2ccccc2[nH]1. The van der Waals surface area contributed by atoms with E-state index in [2.05, 4.69) is 9.97 Å². The first-order valence-electron chi connectivity index (χ1n) is 6.66. The normalized spacial score (nSPS) is 13.1. The average molecular weight is 264 g/mol. The molecule has 0 aliphatic rings. The maximum Gasteiger partial charge on any atom is 0.110 e. The quantitative estimate of drug-likeness (QED) is 0.760. The second-order valence-corrected chi connectivity index (χ2v) is 4.74. The maximum absolute atomic E-state index is 10.0. The molecule has 0 radical (unpaired) electrons. The van der Waals surface area contributed by atoms with Crippen LogP contribution in [0.4, 0.5) is 0 Å². The summed E-state index contributed by atoms with van der Waals surface area (Å²) in [6.07, 6.45) is 3.66. The Morgan fingerprint density at radius 3 is 2.60 bits per heavy atom. The van der Waals surface area contributed by atoms with E-state index in [4.69, 9.17) is 0 Å². The first kappa shape index (κ1) is 12.6. The Labute approximate surface area is 117 Å². The van der Waals surface area contributed by atoms with Gasteiger partial charge in [0.1, 0.15) is 5.82 Å². The molecule has 3 nitrogen and oxygen atoms in total. The lowest BCUT2D eigenvalue weighted by Gasteiger charge is -2.02. The Morgan fingerprint density at radius 1 is 1.05 bits per heavy atom. The van der Waals surface area contributed by atoms with Crippen LogP contribution in [-0.2, 0) is 6.42 Å². The van der Waals surface area contributed by atoms with Crippen LogP contribution < -0.4 is 0 Å². The Bertz CT molecular complexity index is 683. The summed E-state index contributed by atoms with van der Waals surface area (Å²) < 4.78 is 0. The van der Waals surface area contributed by atoms with E-state index in [0.29, 0.717) is 6.42 Å². The fourth-order valence-electron chi connectivity index (χ4n) is 2.15. The molecule has 1 aromatic heterocycles. The van der Waals surface area contributed by atoms with Gasteiger partial charge in [-0.15, -0.1) is 0 Å². The highest BCUT2D eigenvalue weighted by Gasteiger charge is 2.06. The Hall–Kier alpha value is -2.39. The van der Waals surface area contributed by atoms with Crippen LogP contribution in [0.15, 0.2) is 60.7 Å². The fraction of sp³-hybridized carbons (Fsp3) is 0.118. The third-order valence-electron chi connectivity index (χ3n) is 3.15. The second-order valence-electron chi connectivity index (χ2n) is 4.74. The molecule has 3 rings (SSSR count). The van der Waals surface area contributed by atoms with E-state index in [-0.39, 0.29) is 0 Å². The summed E-state index contributed by atoms with van der Waals surface area (Å²) in [5, 5.41) is 10.0. The molecular formula is C17H16N2O. The molecule has 0 bridgehead atoms. The van der Waals surface area contributed by atoms with Crippen molar-refractivity contribution in [2.24, 2.45) is 0 Å². The van der Waals surface area contributed by atoms with Crippen molar-refractivity contribution in [2.45, 2.75) is 12.5 Å². The van der Waals surface area contributed by atoms with Crippen LogP contribution in [0.2, 0.25) is 0 Å². The van der Waals surface area contributed by atoms with Crippen LogP contribution in [0.1, 0.15) is 11.4 Å². The number of hydrogen-bond donors (Lipinski definition) is 2. The predicted molar refractivity (Wildman–Crippen MR) is 81.3 cm³/mol. The molecule has 0 unspecified atom stereocenters. The molecule has 2 N–H and O–H groups in total. The van der Waals surface area contributed by atoms with Crippen molar-refractivity contribution in [3.63, 3.8) is 0 Å². The van der Waals surface area contributed by atoms with Crippen molar-refractivity contribution >= 4 is 17.1 Å². The highest BCUT2D eigenvalue weighted by atomic mass is 16.3. The molecule has 1 heterocycles. The fourth-order valence-corrected chi connectivity index (χ4v) is 2.15. The third kappa shape index (κ3) is 2.95. The van der Waals surface area contributed by atoms with E-state index in [1.807, 2.05) is 60.7 Å². The van der Waals surface area contributed by atoms with E-state index in [9.17, 15) is 5.11 Å². The Morgan fingerprint density at radius 2 is 1.80 bits per heavy atom. The van der Waals surface area contributed by atoms with Crippen molar-refractivity contribution in [1.82, 2.24) is 9.97 Å². The van der Waals surface area contributed by atoms with Gasteiger partial charge in [0.15, 0.2) is 0 Å². The summed E-state index contributed by atoms with van der Waals surface area (Å²) in [4.78, 5) is 7.68. The molecule has 0 aliphatic carbocycles. The summed E-state index contributed by atoms with van der Waals surface area (Å²) in [7, 11) is 0. The number of nitrogens with one attached hydrogen (secondary N) is 1. The van der Waals surface area contributed by atoms with Gasteiger partial charge < -0.3 is 10.1 Å². The lowest BCUT2D eigenvalue weighted by molar-refractivity contribution is 0.222. The molecule has 1 atom stereocenters. The van der Waals surface area contributed by atoms with Crippen molar-refractivity contribution in [2.75, 3.05) is 0 Å². The van der Waals surface area contributed by atoms with Crippen LogP contribution in [0, 0.1) is 0 Å². The zero-order chi connectivity index (χ0) is 13.8. The zero-order valence-electron chi connectivity index (χ0n) is 11.0. The number of para-hydroxylation sites is 2. The van der Waals surface area contributed by atoms with Gasteiger partial charge >= 0.3 is 0 Å². The number of aliphatic hydroxyl groups is 1. The summed E-state index contributed by atoms with van der Waals surface area (Å²) in [5.41, 5.74) is 3.01. The standard InChI is InChI=1S/C17H16N2O/c20-14(11-10-13-6-2-1-3-7-13)12-17-18-15-8-4-5-9-16(15)19-17/h1-11,14,20H,12H2,(H,18,19)/b11-10-/t14-/m1/s1. The lowest BCUT2D eigenvalue weighted by Crippen LogP contribution is -2.07. The largest absolute Gasteiger partial charge is 0.389 e. The molecule has 20 heavy (non-hydrogen) atoms. The van der Waals surface area contributed by atoms with Gasteiger partial charge in [0, 0.05) is 6.42 Å². The average Bonchev–Trinajstić information content (AvgIpc) is 2.88. The summed E-state index contributed by atoms with van der Waals surface area (Å²) >= 11 is 0. The number of fused-ring (bicyclic) bond motifs is 1. The smallest absolute Gasteiger partial charge is 0.110 e. The number of H-pyrrole nitrogens is 1.